The van der Waals surface area contributed by atoms with Crippen molar-refractivity contribution in [3.05, 3.63) is 0 Å². The molecule has 1 amide bonds. The molecule has 0 aromatic heterocycles. The van der Waals surface area contributed by atoms with Gasteiger partial charge in [0, 0.05) is 18.6 Å². The number of amides is 1. The molecule has 0 heterocycles. The summed E-state index contributed by atoms with van der Waals surface area (Å²) < 4.78 is 0. The van der Waals surface area contributed by atoms with E-state index in [1.165, 1.54) is 0 Å². The van der Waals surface area contributed by atoms with Crippen LogP contribution < -0.4 is 16.0 Å². The number of nitrogens with zero attached hydrogens (tertiary/aromatic N) is 1. The Bertz CT molecular complexity index is 268. The van der Waals surface area contributed by atoms with Crippen LogP contribution in [-0.2, 0) is 4.79 Å². The van der Waals surface area contributed by atoms with E-state index in [0.717, 1.165) is 6.42 Å². The minimum absolute atomic E-state index is 0.0374. The Morgan fingerprint density at radius 1 is 1.35 bits per heavy atom. The van der Waals surface area contributed by atoms with Gasteiger partial charge in [-0.1, -0.05) is 6.92 Å². The number of rotatable bonds is 4. The summed E-state index contributed by atoms with van der Waals surface area (Å²) in [4.78, 5) is 15.6. The standard InChI is InChI=1S/C12H26N4O/c1-7-9(2)15-11(13-6)14-8-10(17)16-12(3,4)5/h9H,7-8H2,1-6H3,(H,16,17)(H2,13,14,15). The van der Waals surface area contributed by atoms with Gasteiger partial charge in [-0.15, -0.1) is 0 Å². The van der Waals surface area contributed by atoms with Crippen LogP contribution in [0.25, 0.3) is 0 Å². The molecule has 0 aromatic rings. The minimum Gasteiger partial charge on any atom is -0.354 e. The maximum atomic E-state index is 11.6. The average Bonchev–Trinajstić information content (AvgIpc) is 2.21. The summed E-state index contributed by atoms with van der Waals surface area (Å²) in [6, 6.07) is 0.340. The zero-order valence-corrected chi connectivity index (χ0v) is 11.8. The van der Waals surface area contributed by atoms with Gasteiger partial charge in [-0.25, -0.2) is 0 Å². The normalized spacial score (nSPS) is 14.1. The van der Waals surface area contributed by atoms with E-state index < -0.39 is 0 Å². The van der Waals surface area contributed by atoms with Crippen molar-refractivity contribution < 1.29 is 4.79 Å². The van der Waals surface area contributed by atoms with E-state index in [1.54, 1.807) is 7.05 Å². The average molecular weight is 242 g/mol. The number of nitrogens with one attached hydrogen (secondary N) is 3. The molecule has 0 bridgehead atoms. The summed E-state index contributed by atoms with van der Waals surface area (Å²) in [6.45, 7) is 10.3. The summed E-state index contributed by atoms with van der Waals surface area (Å²) in [7, 11) is 1.69. The predicted molar refractivity (Wildman–Crippen MR) is 72.1 cm³/mol. The molecule has 0 saturated carbocycles. The number of hydrogen-bond donors (Lipinski definition) is 3. The molecule has 5 heteroatoms. The molecule has 0 aliphatic heterocycles. The number of carbonyl (C=O) groups excluding carboxylic acids is 1. The summed E-state index contributed by atoms with van der Waals surface area (Å²) >= 11 is 0. The molecule has 0 aliphatic rings. The van der Waals surface area contributed by atoms with Crippen LogP contribution in [0.15, 0.2) is 4.99 Å². The molecule has 5 nitrogen and oxygen atoms in total. The van der Waals surface area contributed by atoms with Crippen molar-refractivity contribution in [2.75, 3.05) is 13.6 Å². The highest BCUT2D eigenvalue weighted by Crippen LogP contribution is 1.97. The molecule has 0 aromatic carbocycles. The Labute approximate surface area is 104 Å². The summed E-state index contributed by atoms with van der Waals surface area (Å²) in [6.07, 6.45) is 1.01. The Balaban J connectivity index is 4.04. The van der Waals surface area contributed by atoms with Gasteiger partial charge in [0.25, 0.3) is 0 Å². The Morgan fingerprint density at radius 3 is 2.35 bits per heavy atom. The summed E-state index contributed by atoms with van der Waals surface area (Å²) in [5.41, 5.74) is -0.202. The molecule has 0 spiro atoms. The van der Waals surface area contributed by atoms with Crippen molar-refractivity contribution in [2.45, 2.75) is 52.6 Å². The first-order chi connectivity index (χ1) is 7.78. The molecule has 3 N–H and O–H groups in total. The van der Waals surface area contributed by atoms with E-state index in [4.69, 9.17) is 0 Å². The number of aliphatic imine (C=N–C) groups is 1. The van der Waals surface area contributed by atoms with Crippen LogP contribution in [0.2, 0.25) is 0 Å². The van der Waals surface area contributed by atoms with Crippen LogP contribution in [0.3, 0.4) is 0 Å². The van der Waals surface area contributed by atoms with Gasteiger partial charge in [0.1, 0.15) is 0 Å². The van der Waals surface area contributed by atoms with Crippen LogP contribution >= 0.6 is 0 Å². The zero-order chi connectivity index (χ0) is 13.5. The fourth-order valence-corrected chi connectivity index (χ4v) is 1.16. The zero-order valence-electron chi connectivity index (χ0n) is 11.8. The lowest BCUT2D eigenvalue weighted by Gasteiger charge is -2.21. The van der Waals surface area contributed by atoms with Crippen LogP contribution in [-0.4, -0.2) is 37.0 Å². The lowest BCUT2D eigenvalue weighted by molar-refractivity contribution is -0.121. The molecule has 1 unspecified atom stereocenters. The summed E-state index contributed by atoms with van der Waals surface area (Å²) in [5.74, 6) is 0.619. The van der Waals surface area contributed by atoms with Gasteiger partial charge < -0.3 is 16.0 Å². The molecular formula is C12H26N4O. The highest BCUT2D eigenvalue weighted by molar-refractivity contribution is 5.86. The van der Waals surface area contributed by atoms with E-state index >= 15 is 0 Å². The SMILES string of the molecule is CCC(C)NC(=NC)NCC(=O)NC(C)(C)C. The molecule has 0 saturated heterocycles. The smallest absolute Gasteiger partial charge is 0.239 e. The van der Waals surface area contributed by atoms with Crippen molar-refractivity contribution >= 4 is 11.9 Å². The Kier molecular flexibility index (Phi) is 6.61. The van der Waals surface area contributed by atoms with E-state index in [1.807, 2.05) is 20.8 Å². The fourth-order valence-electron chi connectivity index (χ4n) is 1.16. The van der Waals surface area contributed by atoms with Crippen molar-refractivity contribution in [3.63, 3.8) is 0 Å². The molecule has 100 valence electrons. The molecule has 0 radical (unpaired) electrons. The van der Waals surface area contributed by atoms with E-state index in [9.17, 15) is 4.79 Å². The second kappa shape index (κ2) is 7.14. The Hall–Kier alpha value is -1.26. The van der Waals surface area contributed by atoms with Crippen LogP contribution in [0.4, 0.5) is 0 Å². The largest absolute Gasteiger partial charge is 0.354 e. The van der Waals surface area contributed by atoms with Gasteiger partial charge in [0.05, 0.1) is 6.54 Å². The van der Waals surface area contributed by atoms with E-state index in [0.29, 0.717) is 12.0 Å². The van der Waals surface area contributed by atoms with Crippen molar-refractivity contribution in [1.29, 1.82) is 0 Å². The van der Waals surface area contributed by atoms with E-state index in [2.05, 4.69) is 34.8 Å². The number of carbonyl (C=O) groups is 1. The Morgan fingerprint density at radius 2 is 1.94 bits per heavy atom. The number of hydrogen-bond acceptors (Lipinski definition) is 2. The maximum Gasteiger partial charge on any atom is 0.239 e. The van der Waals surface area contributed by atoms with Gasteiger partial charge in [-0.2, -0.15) is 0 Å². The van der Waals surface area contributed by atoms with Gasteiger partial charge in [-0.05, 0) is 34.1 Å². The lowest BCUT2D eigenvalue weighted by Crippen LogP contribution is -2.49. The third-order valence-electron chi connectivity index (χ3n) is 2.15. The highest BCUT2D eigenvalue weighted by Gasteiger charge is 2.13. The predicted octanol–water partition coefficient (Wildman–Crippen LogP) is 0.865. The highest BCUT2D eigenvalue weighted by atomic mass is 16.2. The molecule has 0 rings (SSSR count). The molecule has 0 fully saturated rings. The molecule has 0 aliphatic carbocycles. The maximum absolute atomic E-state index is 11.6. The van der Waals surface area contributed by atoms with Crippen molar-refractivity contribution in [3.8, 4) is 0 Å². The van der Waals surface area contributed by atoms with Crippen LogP contribution in [0, 0.1) is 0 Å². The first-order valence-corrected chi connectivity index (χ1v) is 6.06. The fraction of sp³-hybridized carbons (Fsp3) is 0.833. The van der Waals surface area contributed by atoms with E-state index in [-0.39, 0.29) is 18.0 Å². The topological polar surface area (TPSA) is 65.5 Å². The van der Waals surface area contributed by atoms with Gasteiger partial charge in [-0.3, -0.25) is 9.79 Å². The molecular weight excluding hydrogens is 216 g/mol. The summed E-state index contributed by atoms with van der Waals surface area (Å²) in [5, 5.41) is 9.06. The monoisotopic (exact) mass is 242 g/mol. The third-order valence-corrected chi connectivity index (χ3v) is 2.15. The minimum atomic E-state index is -0.202. The molecule has 17 heavy (non-hydrogen) atoms. The van der Waals surface area contributed by atoms with Gasteiger partial charge in [0.2, 0.25) is 5.91 Å². The molecule has 1 atom stereocenters. The second-order valence-electron chi connectivity index (χ2n) is 5.18. The van der Waals surface area contributed by atoms with Crippen LogP contribution in [0.5, 0.6) is 0 Å². The second-order valence-corrected chi connectivity index (χ2v) is 5.18. The number of guanidine groups is 1. The first-order valence-electron chi connectivity index (χ1n) is 6.06. The van der Waals surface area contributed by atoms with Crippen LogP contribution in [0.1, 0.15) is 41.0 Å². The first kappa shape index (κ1) is 15.7. The third kappa shape index (κ3) is 8.54. The van der Waals surface area contributed by atoms with Crippen molar-refractivity contribution in [2.24, 2.45) is 4.99 Å². The van der Waals surface area contributed by atoms with Gasteiger partial charge >= 0.3 is 0 Å². The quantitative estimate of drug-likeness (QED) is 0.506. The van der Waals surface area contributed by atoms with Crippen molar-refractivity contribution in [1.82, 2.24) is 16.0 Å². The lowest BCUT2D eigenvalue weighted by atomic mass is 10.1. The van der Waals surface area contributed by atoms with Gasteiger partial charge in [0.15, 0.2) is 5.96 Å².